The fraction of sp³-hybridized carbons (Fsp3) is 0.500. The van der Waals surface area contributed by atoms with E-state index in [4.69, 9.17) is 18.1 Å². The molecular formula is C26H36O7SSi. The van der Waals surface area contributed by atoms with E-state index >= 15 is 0 Å². The molecule has 2 aromatic rings. The molecule has 35 heavy (non-hydrogen) atoms. The lowest BCUT2D eigenvalue weighted by Crippen LogP contribution is -2.42. The lowest BCUT2D eigenvalue weighted by atomic mass is 10.1. The molecule has 0 aliphatic carbocycles. The lowest BCUT2D eigenvalue weighted by molar-refractivity contribution is 0.00291. The van der Waals surface area contributed by atoms with E-state index in [2.05, 4.69) is 33.9 Å². The molecule has 2 aromatic carbocycles. The highest BCUT2D eigenvalue weighted by Gasteiger charge is 2.44. The molecule has 0 saturated carbocycles. The minimum absolute atomic E-state index is 0.0391. The number of hydrogen-bond donors (Lipinski definition) is 0. The zero-order chi connectivity index (χ0) is 25.9. The number of carbonyl (C=O) groups excluding carboxylic acids is 1. The highest BCUT2D eigenvalue weighted by atomic mass is 32.2. The second kappa shape index (κ2) is 10.9. The van der Waals surface area contributed by atoms with Gasteiger partial charge in [-0.1, -0.05) is 56.7 Å². The van der Waals surface area contributed by atoms with Crippen LogP contribution in [0.2, 0.25) is 18.1 Å². The summed E-state index contributed by atoms with van der Waals surface area (Å²) in [5, 5.41) is 0.0436. The highest BCUT2D eigenvalue weighted by Crippen LogP contribution is 2.37. The van der Waals surface area contributed by atoms with Crippen LogP contribution in [0.1, 0.15) is 43.1 Å². The monoisotopic (exact) mass is 520 g/mol. The zero-order valence-electron chi connectivity index (χ0n) is 21.3. The van der Waals surface area contributed by atoms with E-state index in [1.165, 1.54) is 12.1 Å². The third kappa shape index (κ3) is 7.01. The van der Waals surface area contributed by atoms with Crippen molar-refractivity contribution < 1.29 is 31.3 Å². The summed E-state index contributed by atoms with van der Waals surface area (Å²) >= 11 is 0. The van der Waals surface area contributed by atoms with Gasteiger partial charge >= 0.3 is 5.97 Å². The first-order valence-electron chi connectivity index (χ1n) is 11.8. The van der Waals surface area contributed by atoms with Crippen LogP contribution in [0.15, 0.2) is 59.5 Å². The third-order valence-electron chi connectivity index (χ3n) is 6.69. The maximum Gasteiger partial charge on any atom is 0.338 e. The van der Waals surface area contributed by atoms with Crippen LogP contribution < -0.4 is 0 Å². The summed E-state index contributed by atoms with van der Waals surface area (Å²) in [5.74, 6) is -0.557. The molecule has 0 radical (unpaired) electrons. The van der Waals surface area contributed by atoms with Crippen molar-refractivity contribution >= 4 is 24.4 Å². The number of ether oxygens (including phenoxy) is 2. The molecule has 192 valence electrons. The van der Waals surface area contributed by atoms with Crippen molar-refractivity contribution in [2.75, 3.05) is 13.2 Å². The average molecular weight is 521 g/mol. The maximum atomic E-state index is 13.1. The van der Waals surface area contributed by atoms with Gasteiger partial charge in [-0.25, -0.2) is 4.79 Å². The van der Waals surface area contributed by atoms with Crippen LogP contribution in [0.25, 0.3) is 0 Å². The van der Waals surface area contributed by atoms with E-state index in [0.29, 0.717) is 18.6 Å². The van der Waals surface area contributed by atoms with Crippen LogP contribution in [0.4, 0.5) is 0 Å². The molecule has 0 N–H and O–H groups in total. The first kappa shape index (κ1) is 27.5. The summed E-state index contributed by atoms with van der Waals surface area (Å²) in [6, 6.07) is 15.0. The van der Waals surface area contributed by atoms with Gasteiger partial charge in [-0.3, -0.25) is 4.18 Å². The van der Waals surface area contributed by atoms with Gasteiger partial charge in [0, 0.05) is 6.61 Å². The van der Waals surface area contributed by atoms with Crippen molar-refractivity contribution in [3.63, 3.8) is 0 Å². The van der Waals surface area contributed by atoms with Crippen molar-refractivity contribution in [2.24, 2.45) is 0 Å². The molecule has 1 aliphatic rings. The maximum absolute atomic E-state index is 13.1. The highest BCUT2D eigenvalue weighted by molar-refractivity contribution is 7.86. The predicted molar refractivity (Wildman–Crippen MR) is 136 cm³/mol. The minimum Gasteiger partial charge on any atom is -0.453 e. The Morgan fingerprint density at radius 2 is 1.69 bits per heavy atom. The van der Waals surface area contributed by atoms with E-state index in [9.17, 15) is 13.2 Å². The van der Waals surface area contributed by atoms with Gasteiger partial charge in [0.2, 0.25) is 0 Å². The molecular weight excluding hydrogens is 484 g/mol. The van der Waals surface area contributed by atoms with Crippen LogP contribution in [0, 0.1) is 6.92 Å². The number of benzene rings is 2. The SMILES string of the molecule is Cc1ccc(S(=O)(=O)O[C@@H]2[C@H](CCO[Si](C)(C)C(C)(C)C)OC[C@H]2OC(=O)c2ccccc2)cc1. The van der Waals surface area contributed by atoms with E-state index in [-0.39, 0.29) is 16.5 Å². The standard InChI is InChI=1S/C26H36O7SSi/c1-19-12-14-21(15-13-19)34(28,29)33-24-22(16-17-31-35(5,6)26(2,3)4)30-18-23(24)32-25(27)20-10-8-7-9-11-20/h7-15,22-24H,16-18H2,1-6H3/t22-,23+,24+/m0/s1. The minimum atomic E-state index is -4.11. The summed E-state index contributed by atoms with van der Waals surface area (Å²) in [4.78, 5) is 12.7. The second-order valence-corrected chi connectivity index (χ2v) is 16.8. The Morgan fingerprint density at radius 3 is 2.29 bits per heavy atom. The Balaban J connectivity index is 1.77. The Bertz CT molecular complexity index is 1090. The normalized spacial score (nSPS) is 21.1. The topological polar surface area (TPSA) is 88.1 Å². The average Bonchev–Trinajstić information content (AvgIpc) is 3.14. The smallest absolute Gasteiger partial charge is 0.338 e. The summed E-state index contributed by atoms with van der Waals surface area (Å²) in [6.07, 6.45) is -2.05. The Morgan fingerprint density at radius 1 is 1.06 bits per heavy atom. The number of carbonyl (C=O) groups is 1. The van der Waals surface area contributed by atoms with Crippen LogP contribution in [0.3, 0.4) is 0 Å². The van der Waals surface area contributed by atoms with Gasteiger partial charge in [-0.15, -0.1) is 0 Å². The van der Waals surface area contributed by atoms with E-state index in [0.717, 1.165) is 5.56 Å². The van der Waals surface area contributed by atoms with Crippen LogP contribution in [0.5, 0.6) is 0 Å². The Labute approximate surface area is 210 Å². The largest absolute Gasteiger partial charge is 0.453 e. The number of aryl methyl sites for hydroxylation is 1. The summed E-state index contributed by atoms with van der Waals surface area (Å²) < 4.78 is 49.6. The van der Waals surface area contributed by atoms with Gasteiger partial charge in [-0.05, 0) is 55.7 Å². The van der Waals surface area contributed by atoms with E-state index in [1.807, 2.05) is 6.92 Å². The third-order valence-corrected chi connectivity index (χ3v) is 12.6. The molecule has 0 unspecified atom stereocenters. The first-order chi connectivity index (χ1) is 16.3. The molecule has 9 heteroatoms. The van der Waals surface area contributed by atoms with Gasteiger partial charge in [0.25, 0.3) is 10.1 Å². The molecule has 1 aliphatic heterocycles. The molecule has 1 saturated heterocycles. The first-order valence-corrected chi connectivity index (χ1v) is 16.1. The van der Waals surface area contributed by atoms with Crippen molar-refractivity contribution in [3.05, 3.63) is 65.7 Å². The van der Waals surface area contributed by atoms with Crippen molar-refractivity contribution in [3.8, 4) is 0 Å². The molecule has 0 bridgehead atoms. The van der Waals surface area contributed by atoms with Crippen LogP contribution in [-0.4, -0.2) is 54.2 Å². The van der Waals surface area contributed by atoms with Crippen LogP contribution in [-0.2, 0) is 28.2 Å². The van der Waals surface area contributed by atoms with Gasteiger partial charge in [0.1, 0.15) is 6.10 Å². The molecule has 1 fully saturated rings. The zero-order valence-corrected chi connectivity index (χ0v) is 23.1. The van der Waals surface area contributed by atoms with E-state index in [1.54, 1.807) is 42.5 Å². The predicted octanol–water partition coefficient (Wildman–Crippen LogP) is 5.11. The van der Waals surface area contributed by atoms with Crippen LogP contribution >= 0.6 is 0 Å². The second-order valence-electron chi connectivity index (χ2n) is 10.4. The van der Waals surface area contributed by atoms with Crippen molar-refractivity contribution in [1.82, 2.24) is 0 Å². The summed E-state index contributed by atoms with van der Waals surface area (Å²) in [7, 11) is -6.10. The molecule has 0 aromatic heterocycles. The summed E-state index contributed by atoms with van der Waals surface area (Å²) in [5.41, 5.74) is 1.31. The number of hydrogen-bond acceptors (Lipinski definition) is 7. The van der Waals surface area contributed by atoms with Gasteiger partial charge in [0.05, 0.1) is 23.2 Å². The fourth-order valence-corrected chi connectivity index (χ4v) is 5.64. The van der Waals surface area contributed by atoms with Crippen molar-refractivity contribution in [1.29, 1.82) is 0 Å². The van der Waals surface area contributed by atoms with Gasteiger partial charge < -0.3 is 13.9 Å². The number of esters is 1. The molecule has 7 nitrogen and oxygen atoms in total. The molecule has 3 rings (SSSR count). The molecule has 3 atom stereocenters. The van der Waals surface area contributed by atoms with Gasteiger partial charge in [-0.2, -0.15) is 8.42 Å². The molecule has 0 spiro atoms. The lowest BCUT2D eigenvalue weighted by Gasteiger charge is -2.36. The number of rotatable bonds is 9. The Kier molecular flexibility index (Phi) is 8.59. The van der Waals surface area contributed by atoms with Gasteiger partial charge in [0.15, 0.2) is 14.4 Å². The van der Waals surface area contributed by atoms with Crippen molar-refractivity contribution in [2.45, 2.75) is 75.5 Å². The van der Waals surface area contributed by atoms with E-state index < -0.39 is 42.7 Å². The molecule has 0 amide bonds. The quantitative estimate of drug-likeness (QED) is 0.258. The Hall–Kier alpha value is -2.04. The molecule has 1 heterocycles. The summed E-state index contributed by atoms with van der Waals surface area (Å²) in [6.45, 7) is 13.1. The fourth-order valence-electron chi connectivity index (χ4n) is 3.45.